The predicted molar refractivity (Wildman–Crippen MR) is 81.1 cm³/mol. The number of carbonyl (C=O) groups is 1. The molecule has 0 aliphatic carbocycles. The normalized spacial score (nSPS) is 11.2. The van der Waals surface area contributed by atoms with E-state index < -0.39 is 0 Å². The Hall–Kier alpha value is -2.22. The molecule has 0 saturated carbocycles. The van der Waals surface area contributed by atoms with Crippen LogP contribution in [0.4, 0.5) is 4.39 Å². The summed E-state index contributed by atoms with van der Waals surface area (Å²) < 4.78 is 18.1. The molecule has 0 atom stereocenters. The van der Waals surface area contributed by atoms with E-state index in [1.807, 2.05) is 0 Å². The van der Waals surface area contributed by atoms with Gasteiger partial charge in [0, 0.05) is 16.7 Å². The molecule has 114 valence electrons. The van der Waals surface area contributed by atoms with E-state index >= 15 is 0 Å². The summed E-state index contributed by atoms with van der Waals surface area (Å²) in [5.41, 5.74) is 1.84. The lowest BCUT2D eigenvalue weighted by Crippen LogP contribution is -2.05. The molecular weight excluding hydrogens is 307 g/mol. The number of halogens is 1. The average Bonchev–Trinajstić information content (AvgIpc) is 2.84. The van der Waals surface area contributed by atoms with E-state index in [-0.39, 0.29) is 18.2 Å². The summed E-state index contributed by atoms with van der Waals surface area (Å²) in [5, 5.41) is 9.22. The van der Waals surface area contributed by atoms with E-state index in [2.05, 4.69) is 20.2 Å². The molecule has 0 unspecified atom stereocenters. The number of aromatic nitrogens is 4. The lowest BCUT2D eigenvalue weighted by Gasteiger charge is -2.00. The van der Waals surface area contributed by atoms with Crippen LogP contribution in [0.3, 0.4) is 0 Å². The van der Waals surface area contributed by atoms with Crippen molar-refractivity contribution in [2.45, 2.75) is 18.5 Å². The van der Waals surface area contributed by atoms with Crippen LogP contribution in [-0.2, 0) is 9.53 Å². The van der Waals surface area contributed by atoms with Crippen molar-refractivity contribution in [2.75, 3.05) is 12.4 Å². The highest BCUT2D eigenvalue weighted by Gasteiger charge is 2.11. The van der Waals surface area contributed by atoms with E-state index in [9.17, 15) is 9.18 Å². The van der Waals surface area contributed by atoms with E-state index in [4.69, 9.17) is 4.74 Å². The number of aromatic amines is 1. The van der Waals surface area contributed by atoms with Crippen LogP contribution in [0.15, 0.2) is 23.4 Å². The number of hydrogen-bond acceptors (Lipinski definition) is 6. The maximum atomic E-state index is 13.3. The zero-order valence-electron chi connectivity index (χ0n) is 11.8. The molecule has 0 aliphatic heterocycles. The highest BCUT2D eigenvalue weighted by atomic mass is 32.2. The first-order valence-electron chi connectivity index (χ1n) is 6.77. The van der Waals surface area contributed by atoms with E-state index in [0.29, 0.717) is 34.1 Å². The second kappa shape index (κ2) is 6.27. The van der Waals surface area contributed by atoms with Gasteiger partial charge in [0.2, 0.25) is 5.16 Å². The number of benzene rings is 1. The smallest absolute Gasteiger partial charge is 0.306 e. The first-order valence-corrected chi connectivity index (χ1v) is 7.76. The minimum Gasteiger partial charge on any atom is -0.466 e. The molecule has 2 aromatic heterocycles. The maximum Gasteiger partial charge on any atom is 0.306 e. The fourth-order valence-electron chi connectivity index (χ4n) is 2.05. The quantitative estimate of drug-likeness (QED) is 0.575. The third-order valence-electron chi connectivity index (χ3n) is 3.00. The minimum absolute atomic E-state index is 0.245. The van der Waals surface area contributed by atoms with Crippen LogP contribution in [0.5, 0.6) is 0 Å². The molecule has 0 spiro atoms. The van der Waals surface area contributed by atoms with Gasteiger partial charge in [-0.15, -0.1) is 10.2 Å². The van der Waals surface area contributed by atoms with Crippen molar-refractivity contribution in [3.8, 4) is 0 Å². The first kappa shape index (κ1) is 14.7. The topological polar surface area (TPSA) is 80.8 Å². The van der Waals surface area contributed by atoms with Crippen molar-refractivity contribution in [1.29, 1.82) is 0 Å². The highest BCUT2D eigenvalue weighted by molar-refractivity contribution is 7.99. The van der Waals surface area contributed by atoms with Crippen molar-refractivity contribution in [1.82, 2.24) is 20.2 Å². The molecule has 0 radical (unpaired) electrons. The summed E-state index contributed by atoms with van der Waals surface area (Å²) in [7, 11) is 0. The van der Waals surface area contributed by atoms with E-state index in [0.717, 1.165) is 5.52 Å². The molecule has 6 nitrogen and oxygen atoms in total. The summed E-state index contributed by atoms with van der Waals surface area (Å²) in [5.74, 6) is -0.0610. The Bertz CT molecular complexity index is 836. The van der Waals surface area contributed by atoms with Gasteiger partial charge in [0.25, 0.3) is 0 Å². The van der Waals surface area contributed by atoms with Crippen LogP contribution in [-0.4, -0.2) is 38.5 Å². The molecular formula is C14H13FN4O2S. The molecule has 3 rings (SSSR count). The fourth-order valence-corrected chi connectivity index (χ4v) is 2.75. The Balaban J connectivity index is 1.78. The zero-order valence-corrected chi connectivity index (χ0v) is 12.6. The second-order valence-electron chi connectivity index (χ2n) is 4.51. The van der Waals surface area contributed by atoms with Crippen LogP contribution in [0.25, 0.3) is 22.1 Å². The minimum atomic E-state index is -0.330. The van der Waals surface area contributed by atoms with Crippen LogP contribution in [0.2, 0.25) is 0 Å². The Morgan fingerprint density at radius 1 is 1.41 bits per heavy atom. The fraction of sp³-hybridized carbons (Fsp3) is 0.286. The molecule has 22 heavy (non-hydrogen) atoms. The largest absolute Gasteiger partial charge is 0.466 e. The van der Waals surface area contributed by atoms with Gasteiger partial charge in [0.1, 0.15) is 11.3 Å². The molecule has 0 bridgehead atoms. The molecule has 0 saturated heterocycles. The summed E-state index contributed by atoms with van der Waals surface area (Å²) in [6.45, 7) is 2.14. The molecule has 2 heterocycles. The third-order valence-corrected chi connectivity index (χ3v) is 3.84. The van der Waals surface area contributed by atoms with Gasteiger partial charge in [-0.1, -0.05) is 11.8 Å². The van der Waals surface area contributed by atoms with Gasteiger partial charge in [-0.05, 0) is 25.1 Å². The van der Waals surface area contributed by atoms with Gasteiger partial charge >= 0.3 is 5.97 Å². The number of carbonyl (C=O) groups excluding carboxylic acids is 1. The molecule has 1 aromatic carbocycles. The van der Waals surface area contributed by atoms with E-state index in [1.165, 1.54) is 23.9 Å². The molecule has 1 N–H and O–H groups in total. The van der Waals surface area contributed by atoms with Gasteiger partial charge in [0.15, 0.2) is 5.65 Å². The Kier molecular flexibility index (Phi) is 4.19. The number of fused-ring (bicyclic) bond motifs is 3. The van der Waals surface area contributed by atoms with Gasteiger partial charge < -0.3 is 9.72 Å². The van der Waals surface area contributed by atoms with Crippen molar-refractivity contribution in [3.05, 3.63) is 24.0 Å². The monoisotopic (exact) mass is 320 g/mol. The molecule has 0 amide bonds. The number of H-pyrrole nitrogens is 1. The van der Waals surface area contributed by atoms with Crippen LogP contribution in [0.1, 0.15) is 13.3 Å². The summed E-state index contributed by atoms with van der Waals surface area (Å²) in [4.78, 5) is 18.7. The van der Waals surface area contributed by atoms with Crippen molar-refractivity contribution in [2.24, 2.45) is 0 Å². The lowest BCUT2D eigenvalue weighted by atomic mass is 10.2. The molecule has 0 fully saturated rings. The van der Waals surface area contributed by atoms with Crippen LogP contribution in [0, 0.1) is 5.82 Å². The summed E-state index contributed by atoms with van der Waals surface area (Å²) >= 11 is 1.32. The van der Waals surface area contributed by atoms with Crippen molar-refractivity contribution in [3.63, 3.8) is 0 Å². The third kappa shape index (κ3) is 3.01. The molecule has 8 heteroatoms. The Labute approximate surface area is 129 Å². The Morgan fingerprint density at radius 2 is 2.27 bits per heavy atom. The average molecular weight is 320 g/mol. The SMILES string of the molecule is CCOC(=O)CCSc1nnc2c(n1)[nH]c1ccc(F)cc12. The number of esters is 1. The predicted octanol–water partition coefficient (Wildman–Crippen LogP) is 2.69. The number of rotatable bonds is 5. The second-order valence-corrected chi connectivity index (χ2v) is 5.57. The number of thioether (sulfide) groups is 1. The van der Waals surface area contributed by atoms with Gasteiger partial charge in [-0.25, -0.2) is 9.37 Å². The van der Waals surface area contributed by atoms with Crippen LogP contribution < -0.4 is 0 Å². The standard InChI is InChI=1S/C14H13FN4O2S/c1-2-21-11(20)5-6-22-14-17-13-12(18-19-14)9-7-8(15)3-4-10(9)16-13/h3-4,7H,2,5-6H2,1H3,(H,16,17,19). The van der Waals surface area contributed by atoms with Crippen LogP contribution >= 0.6 is 11.8 Å². The summed E-state index contributed by atoms with van der Waals surface area (Å²) in [6, 6.07) is 4.42. The molecule has 0 aliphatic rings. The zero-order chi connectivity index (χ0) is 15.5. The number of ether oxygens (including phenoxy) is 1. The van der Waals surface area contributed by atoms with Crippen molar-refractivity contribution >= 4 is 39.8 Å². The number of hydrogen-bond donors (Lipinski definition) is 1. The molecule has 3 aromatic rings. The lowest BCUT2D eigenvalue weighted by molar-refractivity contribution is -0.142. The maximum absolute atomic E-state index is 13.3. The van der Waals surface area contributed by atoms with Gasteiger partial charge in [-0.2, -0.15) is 0 Å². The number of nitrogens with zero attached hydrogens (tertiary/aromatic N) is 3. The van der Waals surface area contributed by atoms with Crippen molar-refractivity contribution < 1.29 is 13.9 Å². The Morgan fingerprint density at radius 3 is 3.09 bits per heavy atom. The van der Waals surface area contributed by atoms with E-state index in [1.54, 1.807) is 13.0 Å². The van der Waals surface area contributed by atoms with Gasteiger partial charge in [-0.3, -0.25) is 4.79 Å². The highest BCUT2D eigenvalue weighted by Crippen LogP contribution is 2.24. The first-order chi connectivity index (χ1) is 10.7. The van der Waals surface area contributed by atoms with Gasteiger partial charge in [0.05, 0.1) is 13.0 Å². The summed E-state index contributed by atoms with van der Waals surface area (Å²) in [6.07, 6.45) is 0.290. The number of nitrogens with one attached hydrogen (secondary N) is 1.